The molecule has 2 aromatic rings. The minimum atomic E-state index is -2.63. The minimum Gasteiger partial charge on any atom is -0.351 e. The van der Waals surface area contributed by atoms with E-state index in [4.69, 9.17) is 17.3 Å². The lowest BCUT2D eigenvalue weighted by atomic mass is 9.87. The summed E-state index contributed by atoms with van der Waals surface area (Å²) in [5.74, 6) is -1.39. The Bertz CT molecular complexity index is 957. The van der Waals surface area contributed by atoms with Gasteiger partial charge < -0.3 is 5.73 Å². The molecule has 1 aromatic heterocycles. The average Bonchev–Trinajstić information content (AvgIpc) is 2.62. The monoisotopic (exact) mass is 411 g/mol. The molecule has 0 fully saturated rings. The van der Waals surface area contributed by atoms with Gasteiger partial charge in [0.15, 0.2) is 0 Å². The molecule has 11 heteroatoms. The first-order chi connectivity index (χ1) is 13.2. The highest BCUT2D eigenvalue weighted by Gasteiger charge is 2.34. The number of amides is 2. The van der Waals surface area contributed by atoms with Crippen LogP contribution >= 0.6 is 11.6 Å². The van der Waals surface area contributed by atoms with Gasteiger partial charge in [0.25, 0.3) is 5.69 Å². The Labute approximate surface area is 163 Å². The summed E-state index contributed by atoms with van der Waals surface area (Å²) >= 11 is 6.17. The molecule has 2 N–H and O–H groups in total. The van der Waals surface area contributed by atoms with Crippen molar-refractivity contribution >= 4 is 35.0 Å². The van der Waals surface area contributed by atoms with E-state index >= 15 is 0 Å². The van der Waals surface area contributed by atoms with Crippen LogP contribution in [0.5, 0.6) is 0 Å². The van der Waals surface area contributed by atoms with Gasteiger partial charge in [-0.05, 0) is 31.7 Å². The number of carbonyl (C=O) groups is 1. The number of nitro groups is 1. The van der Waals surface area contributed by atoms with Crippen LogP contribution in [0.15, 0.2) is 18.2 Å². The molecule has 28 heavy (non-hydrogen) atoms. The number of urea groups is 1. The van der Waals surface area contributed by atoms with Crippen LogP contribution in [0.2, 0.25) is 5.15 Å². The Kier molecular flexibility index (Phi) is 5.41. The van der Waals surface area contributed by atoms with Gasteiger partial charge in [-0.15, -0.1) is 0 Å². The number of aryl methyl sites for hydroxylation is 2. The second-order valence-corrected chi connectivity index (χ2v) is 6.74. The summed E-state index contributed by atoms with van der Waals surface area (Å²) in [6, 6.07) is 3.18. The number of benzene rings is 1. The fourth-order valence-corrected chi connectivity index (χ4v) is 3.73. The van der Waals surface area contributed by atoms with Crippen molar-refractivity contribution in [3.05, 3.63) is 50.3 Å². The van der Waals surface area contributed by atoms with Crippen LogP contribution in [0.1, 0.15) is 35.6 Å². The number of para-hydroxylation sites is 1. The molecule has 1 unspecified atom stereocenters. The van der Waals surface area contributed by atoms with Crippen molar-refractivity contribution in [1.29, 1.82) is 0 Å². The van der Waals surface area contributed by atoms with Gasteiger partial charge in [0.1, 0.15) is 10.8 Å². The SMILES string of the molecule is Cc1cccc([N+](=O)[O-])c1N(C(N)=O)c1nc(Cl)c2c(n1)CCCC2C(F)F. The molecule has 0 saturated heterocycles. The molecule has 8 nitrogen and oxygen atoms in total. The highest BCUT2D eigenvalue weighted by molar-refractivity contribution is 6.30. The highest BCUT2D eigenvalue weighted by atomic mass is 35.5. The number of primary amides is 1. The predicted octanol–water partition coefficient (Wildman–Crippen LogP) is 4.25. The molecule has 1 heterocycles. The van der Waals surface area contributed by atoms with Crippen LogP contribution in [0.4, 0.5) is 30.9 Å². The van der Waals surface area contributed by atoms with Crippen molar-refractivity contribution in [2.24, 2.45) is 5.73 Å². The lowest BCUT2D eigenvalue weighted by molar-refractivity contribution is -0.384. The topological polar surface area (TPSA) is 115 Å². The van der Waals surface area contributed by atoms with Gasteiger partial charge in [0, 0.05) is 17.5 Å². The Balaban J connectivity index is 2.20. The van der Waals surface area contributed by atoms with E-state index in [9.17, 15) is 23.7 Å². The van der Waals surface area contributed by atoms with Crippen molar-refractivity contribution in [3.8, 4) is 0 Å². The number of nitro benzene ring substituents is 1. The van der Waals surface area contributed by atoms with Crippen LogP contribution in [0, 0.1) is 17.0 Å². The standard InChI is InChI=1S/C17H16ClF2N5O3/c1-8-4-2-7-11(25(27)28)13(8)24(16(21)26)17-22-10-6-3-5-9(15(19)20)12(10)14(18)23-17/h2,4,7,9,15H,3,5-6H2,1H3,(H2,21,26). The molecule has 3 rings (SSSR count). The Morgan fingerprint density at radius 2 is 2.14 bits per heavy atom. The lowest BCUT2D eigenvalue weighted by Crippen LogP contribution is -2.34. The fourth-order valence-electron chi connectivity index (χ4n) is 3.41. The van der Waals surface area contributed by atoms with E-state index in [1.807, 2.05) is 0 Å². The van der Waals surface area contributed by atoms with Crippen molar-refractivity contribution in [1.82, 2.24) is 9.97 Å². The molecule has 1 aliphatic rings. The van der Waals surface area contributed by atoms with Crippen molar-refractivity contribution in [3.63, 3.8) is 0 Å². The van der Waals surface area contributed by atoms with Crippen molar-refractivity contribution < 1.29 is 18.5 Å². The smallest absolute Gasteiger partial charge is 0.326 e. The molecule has 0 saturated carbocycles. The molecule has 1 atom stereocenters. The van der Waals surface area contributed by atoms with Crippen LogP contribution in [-0.4, -0.2) is 27.3 Å². The molecular formula is C17H16ClF2N5O3. The number of carbonyl (C=O) groups excluding carboxylic acids is 1. The number of halogens is 3. The number of aromatic nitrogens is 2. The molecule has 148 valence electrons. The summed E-state index contributed by atoms with van der Waals surface area (Å²) in [6.45, 7) is 1.56. The lowest BCUT2D eigenvalue weighted by Gasteiger charge is -2.27. The molecule has 0 spiro atoms. The molecule has 0 radical (unpaired) electrons. The van der Waals surface area contributed by atoms with Crippen molar-refractivity contribution in [2.45, 2.75) is 38.5 Å². The molecule has 0 bridgehead atoms. The van der Waals surface area contributed by atoms with Gasteiger partial charge in [0.2, 0.25) is 12.4 Å². The number of nitrogens with two attached hydrogens (primary N) is 1. The van der Waals surface area contributed by atoms with E-state index in [0.29, 0.717) is 18.4 Å². The molecule has 1 aromatic carbocycles. The maximum absolute atomic E-state index is 13.4. The van der Waals surface area contributed by atoms with Crippen LogP contribution in [0.3, 0.4) is 0 Å². The summed E-state index contributed by atoms with van der Waals surface area (Å²) < 4.78 is 26.7. The van der Waals surface area contributed by atoms with E-state index in [2.05, 4.69) is 9.97 Å². The highest BCUT2D eigenvalue weighted by Crippen LogP contribution is 2.41. The summed E-state index contributed by atoms with van der Waals surface area (Å²) in [6.07, 6.45) is -1.54. The number of anilines is 2. The second-order valence-electron chi connectivity index (χ2n) is 6.38. The maximum Gasteiger partial charge on any atom is 0.326 e. The number of fused-ring (bicyclic) bond motifs is 1. The van der Waals surface area contributed by atoms with Crippen LogP contribution in [0.25, 0.3) is 0 Å². The first-order valence-corrected chi connectivity index (χ1v) is 8.78. The first-order valence-electron chi connectivity index (χ1n) is 8.40. The number of rotatable bonds is 4. The summed E-state index contributed by atoms with van der Waals surface area (Å²) in [7, 11) is 0. The van der Waals surface area contributed by atoms with Gasteiger partial charge in [-0.2, -0.15) is 4.98 Å². The predicted molar refractivity (Wildman–Crippen MR) is 98.3 cm³/mol. The third-order valence-corrected chi connectivity index (χ3v) is 4.92. The van der Waals surface area contributed by atoms with Crippen LogP contribution < -0.4 is 10.6 Å². The zero-order valence-corrected chi connectivity index (χ0v) is 15.5. The zero-order chi connectivity index (χ0) is 20.6. The number of hydrogen-bond donors (Lipinski definition) is 1. The van der Waals surface area contributed by atoms with E-state index in [1.165, 1.54) is 12.1 Å². The molecule has 0 aliphatic heterocycles. The number of nitrogens with zero attached hydrogens (tertiary/aromatic N) is 4. The second kappa shape index (κ2) is 7.63. The number of alkyl halides is 2. The number of hydrogen-bond acceptors (Lipinski definition) is 5. The Hall–Kier alpha value is -2.88. The fraction of sp³-hybridized carbons (Fsp3) is 0.353. The average molecular weight is 412 g/mol. The molecule has 2 amide bonds. The van der Waals surface area contributed by atoms with Gasteiger partial charge >= 0.3 is 6.03 Å². The van der Waals surface area contributed by atoms with E-state index < -0.39 is 23.3 Å². The molecular weight excluding hydrogens is 396 g/mol. The van der Waals surface area contributed by atoms with Gasteiger partial charge in [-0.3, -0.25) is 10.1 Å². The third kappa shape index (κ3) is 3.47. The van der Waals surface area contributed by atoms with Gasteiger partial charge in [-0.1, -0.05) is 23.7 Å². The zero-order valence-electron chi connectivity index (χ0n) is 14.7. The van der Waals surface area contributed by atoms with Gasteiger partial charge in [-0.25, -0.2) is 23.5 Å². The van der Waals surface area contributed by atoms with Crippen molar-refractivity contribution in [2.75, 3.05) is 4.90 Å². The van der Waals surface area contributed by atoms with E-state index in [1.54, 1.807) is 13.0 Å². The Morgan fingerprint density at radius 1 is 1.43 bits per heavy atom. The summed E-state index contributed by atoms with van der Waals surface area (Å²) in [5.41, 5.74) is 5.81. The largest absolute Gasteiger partial charge is 0.351 e. The quantitative estimate of drug-likeness (QED) is 0.458. The molecule has 1 aliphatic carbocycles. The normalized spacial score (nSPS) is 16.0. The third-order valence-electron chi connectivity index (χ3n) is 4.63. The summed E-state index contributed by atoms with van der Waals surface area (Å²) in [4.78, 5) is 31.9. The summed E-state index contributed by atoms with van der Waals surface area (Å²) in [5, 5.41) is 11.2. The first kappa shape index (κ1) is 19.9. The van der Waals surface area contributed by atoms with Crippen LogP contribution in [-0.2, 0) is 6.42 Å². The maximum atomic E-state index is 13.4. The Morgan fingerprint density at radius 3 is 2.75 bits per heavy atom. The van der Waals surface area contributed by atoms with E-state index in [0.717, 1.165) is 4.90 Å². The van der Waals surface area contributed by atoms with Gasteiger partial charge in [0.05, 0.1) is 10.6 Å². The van der Waals surface area contributed by atoms with E-state index in [-0.39, 0.29) is 40.2 Å². The minimum absolute atomic E-state index is 0.0998.